The third-order valence-corrected chi connectivity index (χ3v) is 4.39. The van der Waals surface area contributed by atoms with Gasteiger partial charge in [0.1, 0.15) is 5.58 Å². The molecular formula is C22H24N2O. The maximum Gasteiger partial charge on any atom is 0.227 e. The average Bonchev–Trinajstić information content (AvgIpc) is 2.97. The minimum Gasteiger partial charge on any atom is -0.437 e. The summed E-state index contributed by atoms with van der Waals surface area (Å²) < 4.78 is 6.18. The lowest BCUT2D eigenvalue weighted by molar-refractivity contribution is 0.651. The Kier molecular flexibility index (Phi) is 4.84. The van der Waals surface area contributed by atoms with Gasteiger partial charge >= 0.3 is 0 Å². The molecule has 0 aliphatic heterocycles. The second-order valence-electron chi connectivity index (χ2n) is 6.25. The summed E-state index contributed by atoms with van der Waals surface area (Å²) in [7, 11) is 0. The molecule has 0 fully saturated rings. The molecule has 3 aromatic rings. The number of benzene rings is 1. The number of pyridine rings is 1. The molecule has 0 aliphatic rings. The zero-order valence-electron chi connectivity index (χ0n) is 15.2. The molecule has 0 bridgehead atoms. The fraction of sp³-hybridized carbons (Fsp3) is 0.273. The number of nitrogens with zero attached hydrogens (tertiary/aromatic N) is 2. The molecule has 0 spiro atoms. The van der Waals surface area contributed by atoms with E-state index in [2.05, 4.69) is 48.3 Å². The van der Waals surface area contributed by atoms with Gasteiger partial charge < -0.3 is 4.42 Å². The highest BCUT2D eigenvalue weighted by Crippen LogP contribution is 2.33. The van der Waals surface area contributed by atoms with Crippen LogP contribution in [0.3, 0.4) is 0 Å². The van der Waals surface area contributed by atoms with E-state index in [-0.39, 0.29) is 0 Å². The van der Waals surface area contributed by atoms with Gasteiger partial charge in [0, 0.05) is 27.7 Å². The Balaban J connectivity index is 2.37. The molecule has 2 heterocycles. The first-order chi connectivity index (χ1) is 12.1. The lowest BCUT2D eigenvalue weighted by atomic mass is 9.96. The van der Waals surface area contributed by atoms with Gasteiger partial charge in [0.05, 0.1) is 5.71 Å². The van der Waals surface area contributed by atoms with Crippen LogP contribution in [-0.4, -0.2) is 10.7 Å². The van der Waals surface area contributed by atoms with Crippen LogP contribution >= 0.6 is 0 Å². The third kappa shape index (κ3) is 3.14. The van der Waals surface area contributed by atoms with Crippen LogP contribution in [0.15, 0.2) is 58.6 Å². The number of aryl methyl sites for hydroxylation is 2. The van der Waals surface area contributed by atoms with Gasteiger partial charge in [0.15, 0.2) is 0 Å². The van der Waals surface area contributed by atoms with Crippen LogP contribution in [0.5, 0.6) is 0 Å². The minimum atomic E-state index is 0.669. The molecular weight excluding hydrogens is 308 g/mol. The van der Waals surface area contributed by atoms with E-state index in [1.807, 2.05) is 19.9 Å². The zero-order valence-corrected chi connectivity index (χ0v) is 15.2. The maximum absolute atomic E-state index is 6.18. The highest BCUT2D eigenvalue weighted by molar-refractivity contribution is 6.19. The van der Waals surface area contributed by atoms with E-state index in [9.17, 15) is 0 Å². The molecule has 128 valence electrons. The Labute approximate surface area is 148 Å². The molecule has 1 aromatic carbocycles. The maximum atomic E-state index is 6.18. The van der Waals surface area contributed by atoms with Crippen LogP contribution in [0.1, 0.15) is 43.5 Å². The summed E-state index contributed by atoms with van der Waals surface area (Å²) in [6, 6.07) is 8.38. The predicted molar refractivity (Wildman–Crippen MR) is 106 cm³/mol. The molecule has 0 aliphatic carbocycles. The van der Waals surface area contributed by atoms with Gasteiger partial charge in [-0.3, -0.25) is 4.99 Å². The van der Waals surface area contributed by atoms with E-state index in [1.54, 1.807) is 6.08 Å². The van der Waals surface area contributed by atoms with Crippen LogP contribution in [0.2, 0.25) is 0 Å². The summed E-state index contributed by atoms with van der Waals surface area (Å²) >= 11 is 0. The van der Waals surface area contributed by atoms with Crippen molar-refractivity contribution in [2.75, 3.05) is 0 Å². The second kappa shape index (κ2) is 7.06. The average molecular weight is 332 g/mol. The van der Waals surface area contributed by atoms with Crippen molar-refractivity contribution in [2.45, 2.75) is 40.0 Å². The van der Waals surface area contributed by atoms with Gasteiger partial charge in [-0.15, -0.1) is 0 Å². The Bertz CT molecular complexity index is 992. The lowest BCUT2D eigenvalue weighted by Crippen LogP contribution is -2.03. The molecule has 0 N–H and O–H groups in total. The first kappa shape index (κ1) is 17.2. The molecule has 0 unspecified atom stereocenters. The number of furan rings is 1. The molecule has 3 rings (SSSR count). The van der Waals surface area contributed by atoms with Crippen molar-refractivity contribution < 1.29 is 4.42 Å². The summed E-state index contributed by atoms with van der Waals surface area (Å²) in [6.45, 7) is 14.2. The van der Waals surface area contributed by atoms with Gasteiger partial charge in [-0.1, -0.05) is 45.6 Å². The van der Waals surface area contributed by atoms with Gasteiger partial charge in [0.2, 0.25) is 5.71 Å². The number of allylic oxidation sites excluding steroid dienone is 2. The molecule has 3 heteroatoms. The van der Waals surface area contributed by atoms with Crippen molar-refractivity contribution in [2.24, 2.45) is 4.99 Å². The Morgan fingerprint density at radius 1 is 1.20 bits per heavy atom. The summed E-state index contributed by atoms with van der Waals surface area (Å²) in [5, 5.41) is 2.09. The molecule has 0 radical (unpaired) electrons. The van der Waals surface area contributed by atoms with Gasteiger partial charge in [-0.25, -0.2) is 4.98 Å². The van der Waals surface area contributed by atoms with E-state index in [0.29, 0.717) is 5.71 Å². The Morgan fingerprint density at radius 3 is 2.64 bits per heavy atom. The first-order valence-electron chi connectivity index (χ1n) is 8.80. The summed E-state index contributed by atoms with van der Waals surface area (Å²) in [6.07, 6.45) is 4.60. The fourth-order valence-corrected chi connectivity index (χ4v) is 3.07. The monoisotopic (exact) mass is 332 g/mol. The standard InChI is InChI=1S/C22H24N2O/c1-6-9-16-11-13-17-18-12-10-15(5)24-22(18)25-21(17)20(16)19(8-3)23-14(4)7-2/h8,10-13H,3-4,6-7,9H2,1-2,5H3. The van der Waals surface area contributed by atoms with Crippen LogP contribution in [0.4, 0.5) is 0 Å². The van der Waals surface area contributed by atoms with E-state index in [0.717, 1.165) is 58.3 Å². The van der Waals surface area contributed by atoms with Crippen LogP contribution in [0, 0.1) is 6.92 Å². The number of hydrogen-bond donors (Lipinski definition) is 0. The van der Waals surface area contributed by atoms with E-state index in [1.165, 1.54) is 5.56 Å². The minimum absolute atomic E-state index is 0.669. The highest BCUT2D eigenvalue weighted by atomic mass is 16.3. The van der Waals surface area contributed by atoms with Crippen molar-refractivity contribution in [1.29, 1.82) is 0 Å². The number of aromatic nitrogens is 1. The number of aliphatic imine (C=N–C) groups is 1. The first-order valence-corrected chi connectivity index (χ1v) is 8.80. The number of hydrogen-bond acceptors (Lipinski definition) is 3. The SMILES string of the molecule is C=CC(=NC(=C)CC)c1c(CCC)ccc2c1oc1nc(C)ccc12. The van der Waals surface area contributed by atoms with E-state index in [4.69, 9.17) is 4.42 Å². The van der Waals surface area contributed by atoms with Crippen molar-refractivity contribution in [1.82, 2.24) is 4.98 Å². The molecule has 3 nitrogen and oxygen atoms in total. The highest BCUT2D eigenvalue weighted by Gasteiger charge is 2.18. The molecule has 2 aromatic heterocycles. The molecule has 25 heavy (non-hydrogen) atoms. The fourth-order valence-electron chi connectivity index (χ4n) is 3.07. The molecule has 0 saturated carbocycles. The summed E-state index contributed by atoms with van der Waals surface area (Å²) in [5.41, 5.74) is 6.33. The molecule has 0 saturated heterocycles. The van der Waals surface area contributed by atoms with E-state index >= 15 is 0 Å². The predicted octanol–water partition coefficient (Wildman–Crippen LogP) is 6.14. The number of fused-ring (bicyclic) bond motifs is 3. The van der Waals surface area contributed by atoms with Crippen molar-refractivity contribution in [3.05, 3.63) is 66.0 Å². The van der Waals surface area contributed by atoms with Crippen molar-refractivity contribution in [3.63, 3.8) is 0 Å². The quantitative estimate of drug-likeness (QED) is 0.508. The Hall–Kier alpha value is -2.68. The van der Waals surface area contributed by atoms with Crippen molar-refractivity contribution in [3.8, 4) is 0 Å². The second-order valence-corrected chi connectivity index (χ2v) is 6.25. The lowest BCUT2D eigenvalue weighted by Gasteiger charge is -2.10. The van der Waals surface area contributed by atoms with Crippen LogP contribution in [-0.2, 0) is 6.42 Å². The Morgan fingerprint density at radius 2 is 1.96 bits per heavy atom. The number of rotatable bonds is 6. The summed E-state index contributed by atoms with van der Waals surface area (Å²) in [5.74, 6) is 0. The normalized spacial score (nSPS) is 12.0. The zero-order chi connectivity index (χ0) is 18.0. The van der Waals surface area contributed by atoms with Gasteiger partial charge in [-0.2, -0.15) is 0 Å². The van der Waals surface area contributed by atoms with Crippen LogP contribution in [0.25, 0.3) is 22.1 Å². The molecule has 0 amide bonds. The largest absolute Gasteiger partial charge is 0.437 e. The van der Waals surface area contributed by atoms with Gasteiger partial charge in [0.25, 0.3) is 0 Å². The van der Waals surface area contributed by atoms with Crippen LogP contribution < -0.4 is 0 Å². The van der Waals surface area contributed by atoms with E-state index < -0.39 is 0 Å². The topological polar surface area (TPSA) is 38.4 Å². The summed E-state index contributed by atoms with van der Waals surface area (Å²) in [4.78, 5) is 9.23. The smallest absolute Gasteiger partial charge is 0.227 e. The van der Waals surface area contributed by atoms with Gasteiger partial charge in [-0.05, 0) is 43.5 Å². The molecule has 0 atom stereocenters. The van der Waals surface area contributed by atoms with Crippen molar-refractivity contribution >= 4 is 27.8 Å². The third-order valence-electron chi connectivity index (χ3n) is 4.39.